The summed E-state index contributed by atoms with van der Waals surface area (Å²) in [6, 6.07) is 8.38. The van der Waals surface area contributed by atoms with E-state index in [1.165, 1.54) is 9.26 Å². The molecule has 0 amide bonds. The van der Waals surface area contributed by atoms with E-state index in [0.717, 1.165) is 13.1 Å². The van der Waals surface area contributed by atoms with Gasteiger partial charge in [0, 0.05) is 16.7 Å². The number of ether oxygens (including phenoxy) is 4. The summed E-state index contributed by atoms with van der Waals surface area (Å²) < 4.78 is 23.4. The molecular formula is C16H24INO4. The molecule has 1 aromatic carbocycles. The summed E-state index contributed by atoms with van der Waals surface area (Å²) in [5, 5.41) is 0. The van der Waals surface area contributed by atoms with Crippen LogP contribution in [0.25, 0.3) is 0 Å². The molecule has 5 nitrogen and oxygen atoms in total. The van der Waals surface area contributed by atoms with Gasteiger partial charge in [-0.25, -0.2) is 0 Å². The van der Waals surface area contributed by atoms with E-state index in [2.05, 4.69) is 51.8 Å². The second-order valence-electron chi connectivity index (χ2n) is 4.89. The Balaban J connectivity index is 1.89. The fourth-order valence-electron chi connectivity index (χ4n) is 2.17. The van der Waals surface area contributed by atoms with E-state index < -0.39 is 0 Å². The van der Waals surface area contributed by atoms with Crippen molar-refractivity contribution in [3.63, 3.8) is 0 Å². The van der Waals surface area contributed by atoms with Gasteiger partial charge in [0.15, 0.2) is 0 Å². The third-order valence-corrected chi connectivity index (χ3v) is 4.23. The van der Waals surface area contributed by atoms with Crippen molar-refractivity contribution in [2.75, 3.05) is 70.8 Å². The zero-order chi connectivity index (χ0) is 15.5. The highest BCUT2D eigenvalue weighted by molar-refractivity contribution is 14.1. The Morgan fingerprint density at radius 2 is 1.14 bits per heavy atom. The van der Waals surface area contributed by atoms with E-state index in [0.29, 0.717) is 52.9 Å². The third-order valence-electron chi connectivity index (χ3n) is 3.32. The highest BCUT2D eigenvalue weighted by Gasteiger charge is 2.09. The van der Waals surface area contributed by atoms with Gasteiger partial charge in [-0.2, -0.15) is 0 Å². The van der Waals surface area contributed by atoms with E-state index >= 15 is 0 Å². The minimum Gasteiger partial charge on any atom is -0.377 e. The first kappa shape index (κ1) is 17.9. The largest absolute Gasteiger partial charge is 0.377 e. The normalized spacial score (nSPS) is 20.1. The van der Waals surface area contributed by atoms with Crippen LogP contribution < -0.4 is 4.90 Å². The molecule has 1 aromatic rings. The molecule has 0 saturated carbocycles. The van der Waals surface area contributed by atoms with Crippen molar-refractivity contribution >= 4 is 28.3 Å². The van der Waals surface area contributed by atoms with Crippen molar-refractivity contribution < 1.29 is 18.9 Å². The Kier molecular flexibility index (Phi) is 9.11. The minimum absolute atomic E-state index is 0.609. The van der Waals surface area contributed by atoms with Gasteiger partial charge >= 0.3 is 0 Å². The van der Waals surface area contributed by atoms with Crippen LogP contribution in [-0.2, 0) is 18.9 Å². The maximum atomic E-state index is 5.65. The molecule has 6 heteroatoms. The zero-order valence-corrected chi connectivity index (χ0v) is 15.0. The Bertz CT molecular complexity index is 403. The van der Waals surface area contributed by atoms with Crippen LogP contribution in [0.3, 0.4) is 0 Å². The molecule has 1 aliphatic rings. The second kappa shape index (κ2) is 11.2. The number of hydrogen-bond acceptors (Lipinski definition) is 5. The van der Waals surface area contributed by atoms with Crippen molar-refractivity contribution in [2.45, 2.75) is 0 Å². The molecule has 1 aliphatic heterocycles. The molecular weight excluding hydrogens is 397 g/mol. The van der Waals surface area contributed by atoms with Gasteiger partial charge in [0.2, 0.25) is 0 Å². The molecule has 124 valence electrons. The van der Waals surface area contributed by atoms with Crippen molar-refractivity contribution in [2.24, 2.45) is 0 Å². The Labute approximate surface area is 146 Å². The van der Waals surface area contributed by atoms with Crippen molar-refractivity contribution in [1.29, 1.82) is 0 Å². The van der Waals surface area contributed by atoms with E-state index in [9.17, 15) is 0 Å². The van der Waals surface area contributed by atoms with Crippen LogP contribution >= 0.6 is 22.6 Å². The number of rotatable bonds is 1. The summed E-state index contributed by atoms with van der Waals surface area (Å²) in [5.41, 5.74) is 1.23. The number of nitrogens with zero attached hydrogens (tertiary/aromatic N) is 1. The lowest BCUT2D eigenvalue weighted by Gasteiger charge is -2.26. The number of halogens is 1. The van der Waals surface area contributed by atoms with Crippen LogP contribution in [0.2, 0.25) is 0 Å². The molecule has 1 heterocycles. The summed E-state index contributed by atoms with van der Waals surface area (Å²) in [4.78, 5) is 2.31. The summed E-state index contributed by atoms with van der Waals surface area (Å²) in [7, 11) is 0. The third kappa shape index (κ3) is 6.78. The fraction of sp³-hybridized carbons (Fsp3) is 0.625. The highest BCUT2D eigenvalue weighted by atomic mass is 127. The van der Waals surface area contributed by atoms with E-state index in [4.69, 9.17) is 18.9 Å². The van der Waals surface area contributed by atoms with Crippen molar-refractivity contribution in [3.05, 3.63) is 27.8 Å². The molecule has 1 fully saturated rings. The molecule has 0 radical (unpaired) electrons. The van der Waals surface area contributed by atoms with Crippen molar-refractivity contribution in [1.82, 2.24) is 0 Å². The topological polar surface area (TPSA) is 40.2 Å². The smallest absolute Gasteiger partial charge is 0.0701 e. The van der Waals surface area contributed by atoms with Crippen LogP contribution in [0.5, 0.6) is 0 Å². The molecule has 0 atom stereocenters. The van der Waals surface area contributed by atoms with E-state index in [1.54, 1.807) is 0 Å². The molecule has 2 rings (SSSR count). The van der Waals surface area contributed by atoms with Gasteiger partial charge in [0.1, 0.15) is 0 Å². The lowest BCUT2D eigenvalue weighted by molar-refractivity contribution is 0.00206. The van der Waals surface area contributed by atoms with Crippen LogP contribution in [0.4, 0.5) is 5.69 Å². The van der Waals surface area contributed by atoms with Crippen LogP contribution in [0.1, 0.15) is 0 Å². The quantitative estimate of drug-likeness (QED) is 0.651. The Morgan fingerprint density at radius 3 is 1.64 bits per heavy atom. The Hall–Kier alpha value is -0.410. The predicted octanol–water partition coefficient (Wildman–Crippen LogP) is 2.18. The van der Waals surface area contributed by atoms with Crippen LogP contribution in [0, 0.1) is 3.57 Å². The maximum Gasteiger partial charge on any atom is 0.0701 e. The zero-order valence-electron chi connectivity index (χ0n) is 12.8. The maximum absolute atomic E-state index is 5.65. The van der Waals surface area contributed by atoms with Crippen LogP contribution in [-0.4, -0.2) is 65.9 Å². The van der Waals surface area contributed by atoms with Gasteiger partial charge < -0.3 is 23.8 Å². The van der Waals surface area contributed by atoms with Gasteiger partial charge in [0.05, 0.1) is 58.5 Å². The molecule has 0 unspecified atom stereocenters. The lowest BCUT2D eigenvalue weighted by Crippen LogP contribution is -2.32. The second-order valence-corrected chi connectivity index (χ2v) is 6.05. The molecule has 0 bridgehead atoms. The van der Waals surface area contributed by atoms with Gasteiger partial charge in [-0.3, -0.25) is 0 Å². The molecule has 0 aromatic heterocycles. The van der Waals surface area contributed by atoms with Gasteiger partial charge in [0.25, 0.3) is 0 Å². The Morgan fingerprint density at radius 1 is 0.682 bits per heavy atom. The molecule has 1 saturated heterocycles. The summed E-state index contributed by atoms with van der Waals surface area (Å²) >= 11 is 2.37. The molecule has 0 aliphatic carbocycles. The van der Waals surface area contributed by atoms with Gasteiger partial charge in [-0.15, -0.1) is 0 Å². The molecule has 22 heavy (non-hydrogen) atoms. The first-order valence-corrected chi connectivity index (χ1v) is 8.76. The standard InChI is InChI=1S/C16H24INO4/c17-15-3-1-2-4-16(15)18-5-7-19-9-11-21-13-14-22-12-10-20-8-6-18/h1-4H,5-14H2. The number of hydrogen-bond donors (Lipinski definition) is 0. The monoisotopic (exact) mass is 421 g/mol. The average molecular weight is 421 g/mol. The highest BCUT2D eigenvalue weighted by Crippen LogP contribution is 2.21. The lowest BCUT2D eigenvalue weighted by atomic mass is 10.3. The first-order chi connectivity index (χ1) is 10.9. The number of para-hydroxylation sites is 1. The molecule has 0 spiro atoms. The minimum atomic E-state index is 0.609. The number of benzene rings is 1. The predicted molar refractivity (Wildman–Crippen MR) is 94.6 cm³/mol. The number of anilines is 1. The van der Waals surface area contributed by atoms with Crippen molar-refractivity contribution in [3.8, 4) is 0 Å². The van der Waals surface area contributed by atoms with E-state index in [-0.39, 0.29) is 0 Å². The van der Waals surface area contributed by atoms with Gasteiger partial charge in [-0.05, 0) is 34.7 Å². The average Bonchev–Trinajstić information content (AvgIpc) is 2.54. The first-order valence-electron chi connectivity index (χ1n) is 7.68. The summed E-state index contributed by atoms with van der Waals surface area (Å²) in [6.07, 6.45) is 0. The van der Waals surface area contributed by atoms with Gasteiger partial charge in [-0.1, -0.05) is 12.1 Å². The molecule has 0 N–H and O–H groups in total. The fourth-order valence-corrected chi connectivity index (χ4v) is 2.90. The summed E-state index contributed by atoms with van der Waals surface area (Å²) in [5.74, 6) is 0. The van der Waals surface area contributed by atoms with Crippen LogP contribution in [0.15, 0.2) is 24.3 Å². The van der Waals surface area contributed by atoms with E-state index in [1.807, 2.05) is 0 Å². The SMILES string of the molecule is Ic1ccccc1N1CCOCCOCCOCCOCC1. The summed E-state index contributed by atoms with van der Waals surface area (Å²) in [6.45, 7) is 6.75.